The lowest BCUT2D eigenvalue weighted by Crippen LogP contribution is -2.19. The van der Waals surface area contributed by atoms with E-state index in [1.54, 1.807) is 10.6 Å². The molecule has 1 heterocycles. The predicted octanol–water partition coefficient (Wildman–Crippen LogP) is 3.32. The number of aryl methyl sites for hydroxylation is 3. The summed E-state index contributed by atoms with van der Waals surface area (Å²) in [6.07, 6.45) is 3.74. The SMILES string of the molecule is Cc1ccc(OCCCCn2ccc(C)cc2=O)cc1. The Morgan fingerprint density at radius 1 is 1.00 bits per heavy atom. The first-order valence-electron chi connectivity index (χ1n) is 7.02. The number of ether oxygens (including phenoxy) is 1. The van der Waals surface area contributed by atoms with Crippen molar-refractivity contribution in [1.29, 1.82) is 0 Å². The molecule has 0 saturated heterocycles. The van der Waals surface area contributed by atoms with Crippen LogP contribution in [-0.2, 0) is 6.54 Å². The lowest BCUT2D eigenvalue weighted by atomic mass is 10.2. The zero-order valence-corrected chi connectivity index (χ0v) is 12.1. The second-order valence-corrected chi connectivity index (χ2v) is 5.10. The normalized spacial score (nSPS) is 10.5. The average Bonchev–Trinajstić information content (AvgIpc) is 2.42. The van der Waals surface area contributed by atoms with Gasteiger partial charge in [-0.3, -0.25) is 4.79 Å². The Morgan fingerprint density at radius 3 is 2.45 bits per heavy atom. The zero-order valence-electron chi connectivity index (χ0n) is 12.1. The summed E-state index contributed by atoms with van der Waals surface area (Å²) in [6.45, 7) is 5.42. The number of aromatic nitrogens is 1. The number of benzene rings is 1. The molecule has 1 aromatic heterocycles. The molecule has 0 bridgehead atoms. The van der Waals surface area contributed by atoms with Crippen LogP contribution in [0.15, 0.2) is 47.4 Å². The fraction of sp³-hybridized carbons (Fsp3) is 0.353. The number of hydrogen-bond acceptors (Lipinski definition) is 2. The lowest BCUT2D eigenvalue weighted by molar-refractivity contribution is 0.303. The number of hydrogen-bond donors (Lipinski definition) is 0. The van der Waals surface area contributed by atoms with Crippen molar-refractivity contribution < 1.29 is 4.74 Å². The van der Waals surface area contributed by atoms with E-state index in [9.17, 15) is 4.79 Å². The van der Waals surface area contributed by atoms with Gasteiger partial charge >= 0.3 is 0 Å². The molecule has 0 fully saturated rings. The standard InChI is InChI=1S/C17H21NO2/c1-14-5-7-16(8-6-14)20-12-4-3-10-18-11-9-15(2)13-17(18)19/h5-9,11,13H,3-4,10,12H2,1-2H3. The van der Waals surface area contributed by atoms with E-state index < -0.39 is 0 Å². The third-order valence-corrected chi connectivity index (χ3v) is 3.23. The van der Waals surface area contributed by atoms with Gasteiger partial charge in [0.25, 0.3) is 5.56 Å². The second-order valence-electron chi connectivity index (χ2n) is 5.10. The molecular formula is C17H21NO2. The Balaban J connectivity index is 1.71. The van der Waals surface area contributed by atoms with Crippen molar-refractivity contribution in [2.45, 2.75) is 33.2 Å². The largest absolute Gasteiger partial charge is 0.494 e. The van der Waals surface area contributed by atoms with Gasteiger partial charge in [0, 0.05) is 18.8 Å². The number of rotatable bonds is 6. The Hall–Kier alpha value is -2.03. The highest BCUT2D eigenvalue weighted by atomic mass is 16.5. The summed E-state index contributed by atoms with van der Waals surface area (Å²) in [5.41, 5.74) is 2.31. The molecule has 1 aromatic carbocycles. The molecule has 0 spiro atoms. The summed E-state index contributed by atoms with van der Waals surface area (Å²) in [6, 6.07) is 11.7. The molecule has 0 radical (unpaired) electrons. The van der Waals surface area contributed by atoms with Gasteiger partial charge < -0.3 is 9.30 Å². The molecule has 0 aliphatic heterocycles. The molecule has 106 valence electrons. The molecule has 2 rings (SSSR count). The maximum atomic E-state index is 11.7. The van der Waals surface area contributed by atoms with Gasteiger partial charge in [0.1, 0.15) is 5.75 Å². The van der Waals surface area contributed by atoms with Gasteiger partial charge in [0.15, 0.2) is 0 Å². The van der Waals surface area contributed by atoms with Crippen LogP contribution in [0, 0.1) is 13.8 Å². The van der Waals surface area contributed by atoms with Crippen molar-refractivity contribution in [1.82, 2.24) is 4.57 Å². The van der Waals surface area contributed by atoms with Crippen molar-refractivity contribution in [2.24, 2.45) is 0 Å². The Morgan fingerprint density at radius 2 is 1.75 bits per heavy atom. The van der Waals surface area contributed by atoms with E-state index >= 15 is 0 Å². The van der Waals surface area contributed by atoms with Crippen LogP contribution in [0.1, 0.15) is 24.0 Å². The molecule has 0 atom stereocenters. The monoisotopic (exact) mass is 271 g/mol. The van der Waals surface area contributed by atoms with Crippen molar-refractivity contribution in [2.75, 3.05) is 6.61 Å². The van der Waals surface area contributed by atoms with Gasteiger partial charge in [-0.05, 0) is 50.5 Å². The van der Waals surface area contributed by atoms with Crippen molar-refractivity contribution >= 4 is 0 Å². The van der Waals surface area contributed by atoms with E-state index in [4.69, 9.17) is 4.74 Å². The molecule has 0 amide bonds. The predicted molar refractivity (Wildman–Crippen MR) is 81.3 cm³/mol. The number of nitrogens with zero attached hydrogens (tertiary/aromatic N) is 1. The van der Waals surface area contributed by atoms with Gasteiger partial charge in [-0.2, -0.15) is 0 Å². The summed E-state index contributed by atoms with van der Waals surface area (Å²) < 4.78 is 7.41. The molecule has 0 aliphatic carbocycles. The molecular weight excluding hydrogens is 250 g/mol. The van der Waals surface area contributed by atoms with E-state index in [1.807, 2.05) is 43.5 Å². The maximum Gasteiger partial charge on any atom is 0.250 e. The quantitative estimate of drug-likeness (QED) is 0.755. The molecule has 0 unspecified atom stereocenters. The van der Waals surface area contributed by atoms with E-state index in [-0.39, 0.29) is 5.56 Å². The molecule has 0 N–H and O–H groups in total. The molecule has 2 aromatic rings. The first-order chi connectivity index (χ1) is 9.65. The smallest absolute Gasteiger partial charge is 0.250 e. The average molecular weight is 271 g/mol. The van der Waals surface area contributed by atoms with Crippen LogP contribution < -0.4 is 10.3 Å². The van der Waals surface area contributed by atoms with Crippen LogP contribution in [0.3, 0.4) is 0 Å². The van der Waals surface area contributed by atoms with Gasteiger partial charge in [-0.1, -0.05) is 17.7 Å². The Bertz CT molecular complexity index is 599. The third kappa shape index (κ3) is 4.26. The minimum atomic E-state index is 0.0736. The minimum Gasteiger partial charge on any atom is -0.494 e. The third-order valence-electron chi connectivity index (χ3n) is 3.23. The minimum absolute atomic E-state index is 0.0736. The van der Waals surface area contributed by atoms with E-state index in [1.165, 1.54) is 5.56 Å². The van der Waals surface area contributed by atoms with Crippen molar-refractivity contribution in [3.05, 3.63) is 64.1 Å². The van der Waals surface area contributed by atoms with E-state index in [0.717, 1.165) is 30.7 Å². The van der Waals surface area contributed by atoms with Crippen molar-refractivity contribution in [3.63, 3.8) is 0 Å². The van der Waals surface area contributed by atoms with Crippen molar-refractivity contribution in [3.8, 4) is 5.75 Å². The zero-order chi connectivity index (χ0) is 14.4. The van der Waals surface area contributed by atoms with Gasteiger partial charge in [-0.15, -0.1) is 0 Å². The molecule has 0 saturated carbocycles. The Kier molecular flexibility index (Phi) is 4.99. The first kappa shape index (κ1) is 14.4. The second kappa shape index (κ2) is 6.94. The highest BCUT2D eigenvalue weighted by molar-refractivity contribution is 5.26. The van der Waals surface area contributed by atoms with Crippen LogP contribution in [0.2, 0.25) is 0 Å². The first-order valence-corrected chi connectivity index (χ1v) is 7.02. The fourth-order valence-electron chi connectivity index (χ4n) is 2.00. The number of unbranched alkanes of at least 4 members (excludes halogenated alkanes) is 1. The summed E-state index contributed by atoms with van der Waals surface area (Å²) >= 11 is 0. The van der Waals surface area contributed by atoms with Crippen LogP contribution in [0.5, 0.6) is 5.75 Å². The van der Waals surface area contributed by atoms with Crippen LogP contribution in [-0.4, -0.2) is 11.2 Å². The highest BCUT2D eigenvalue weighted by Crippen LogP contribution is 2.11. The van der Waals surface area contributed by atoms with Gasteiger partial charge in [-0.25, -0.2) is 0 Å². The highest BCUT2D eigenvalue weighted by Gasteiger charge is 1.97. The van der Waals surface area contributed by atoms with Gasteiger partial charge in [0.05, 0.1) is 6.61 Å². The van der Waals surface area contributed by atoms with Gasteiger partial charge in [0.2, 0.25) is 0 Å². The van der Waals surface area contributed by atoms with Crippen LogP contribution in [0.25, 0.3) is 0 Å². The summed E-state index contributed by atoms with van der Waals surface area (Å²) in [5.74, 6) is 0.906. The maximum absolute atomic E-state index is 11.7. The summed E-state index contributed by atoms with van der Waals surface area (Å²) in [7, 11) is 0. The Labute approximate surface area is 119 Å². The van der Waals surface area contributed by atoms with E-state index in [0.29, 0.717) is 6.61 Å². The molecule has 3 heteroatoms. The molecule has 0 aliphatic rings. The van der Waals surface area contributed by atoms with Crippen LogP contribution in [0.4, 0.5) is 0 Å². The number of pyridine rings is 1. The fourth-order valence-corrected chi connectivity index (χ4v) is 2.00. The summed E-state index contributed by atoms with van der Waals surface area (Å²) in [4.78, 5) is 11.7. The van der Waals surface area contributed by atoms with E-state index in [2.05, 4.69) is 6.92 Å². The molecule has 20 heavy (non-hydrogen) atoms. The van der Waals surface area contributed by atoms with Crippen LogP contribution >= 0.6 is 0 Å². The lowest BCUT2D eigenvalue weighted by Gasteiger charge is -2.08. The summed E-state index contributed by atoms with van der Waals surface area (Å²) in [5, 5.41) is 0. The topological polar surface area (TPSA) is 31.2 Å². The molecule has 3 nitrogen and oxygen atoms in total.